The largest absolute Gasteiger partial charge is 1.00 e. The molecule has 11 heteroatoms. The number of halogens is 6. The van der Waals surface area contributed by atoms with Crippen LogP contribution in [0.3, 0.4) is 0 Å². The Morgan fingerprint density at radius 3 is 1.97 bits per heavy atom. The van der Waals surface area contributed by atoms with Gasteiger partial charge in [-0.1, -0.05) is 67.4 Å². The van der Waals surface area contributed by atoms with E-state index in [1.165, 1.54) is 19.1 Å². The third kappa shape index (κ3) is 14.6. The van der Waals surface area contributed by atoms with E-state index in [0.717, 1.165) is 12.1 Å². The van der Waals surface area contributed by atoms with Crippen molar-refractivity contribution in [3.63, 3.8) is 0 Å². The molecule has 30 heavy (non-hydrogen) atoms. The van der Waals surface area contributed by atoms with Gasteiger partial charge in [-0.15, -0.1) is 0 Å². The van der Waals surface area contributed by atoms with Crippen molar-refractivity contribution >= 4 is 46.7 Å². The maximum Gasteiger partial charge on any atom is 1.00 e. The number of hydrogen-bond donors (Lipinski definition) is 0. The molecule has 0 spiro atoms. The summed E-state index contributed by atoms with van der Waals surface area (Å²) in [6.07, 6.45) is -5.79. The van der Waals surface area contributed by atoms with Gasteiger partial charge in [-0.25, -0.2) is 4.79 Å². The Morgan fingerprint density at radius 1 is 1.10 bits per heavy atom. The first-order chi connectivity index (χ1) is 12.8. The zero-order valence-electron chi connectivity index (χ0n) is 17.4. The monoisotopic (exact) mass is 610 g/mol. The first-order valence-corrected chi connectivity index (χ1v) is 9.21. The van der Waals surface area contributed by atoms with E-state index in [2.05, 4.69) is 11.3 Å². The van der Waals surface area contributed by atoms with Crippen molar-refractivity contribution in [3.8, 4) is 0 Å². The summed E-state index contributed by atoms with van der Waals surface area (Å²) in [5.74, 6) is -1.75. The normalized spacial score (nSPS) is 11.5. The van der Waals surface area contributed by atoms with Gasteiger partial charge in [0.05, 0.1) is 12.0 Å². The number of carbonyl (C=O) groups excluding carboxylic acids is 2. The van der Waals surface area contributed by atoms with E-state index in [0.29, 0.717) is 5.56 Å². The number of carbonyl (C=O) groups is 2. The predicted octanol–water partition coefficient (Wildman–Crippen LogP) is 3.65. The zero-order valence-corrected chi connectivity index (χ0v) is 26.0. The molecule has 1 aromatic carbocycles. The van der Waals surface area contributed by atoms with Crippen LogP contribution in [0, 0.1) is 7.43 Å². The van der Waals surface area contributed by atoms with Crippen molar-refractivity contribution in [3.05, 3.63) is 55.0 Å². The summed E-state index contributed by atoms with van der Waals surface area (Å²) >= 11 is 16.3. The molecule has 0 saturated heterocycles. The average molecular weight is 612 g/mol. The van der Waals surface area contributed by atoms with E-state index < -0.39 is 46.6 Å². The fourth-order valence-electron chi connectivity index (χ4n) is 1.71. The Bertz CT molecular complexity index is 675. The molecule has 0 aliphatic heterocycles. The average Bonchev–Trinajstić information content (AvgIpc) is 2.60. The van der Waals surface area contributed by atoms with Gasteiger partial charge in [0.1, 0.15) is 12.7 Å². The third-order valence-corrected chi connectivity index (χ3v) is 3.36. The number of hydrogen-bond acceptors (Lipinski definition) is 4. The van der Waals surface area contributed by atoms with Crippen molar-refractivity contribution in [1.82, 2.24) is 0 Å². The fraction of sp³-hybridized carbons (Fsp3) is 0.421. The number of benzene rings is 1. The van der Waals surface area contributed by atoms with Gasteiger partial charge in [0.25, 0.3) is 0 Å². The van der Waals surface area contributed by atoms with Crippen LogP contribution in [0.4, 0.5) is 13.2 Å². The number of ether oxygens (including phenoxy) is 2. The second-order valence-electron chi connectivity index (χ2n) is 5.22. The Hall–Kier alpha value is 0.612. The summed E-state index contributed by atoms with van der Waals surface area (Å²) in [5.41, 5.74) is -0.683. The molecule has 0 aliphatic carbocycles. The molecule has 1 aromatic rings. The smallest absolute Gasteiger partial charge is 0.461 e. The van der Waals surface area contributed by atoms with Gasteiger partial charge in [0.2, 0.25) is 3.79 Å². The van der Waals surface area contributed by atoms with Gasteiger partial charge in [-0.05, 0) is 24.6 Å². The molecular weight excluding hydrogens is 588 g/mol. The first-order valence-electron chi connectivity index (χ1n) is 8.08. The summed E-state index contributed by atoms with van der Waals surface area (Å²) in [4.78, 5) is 23.4. The van der Waals surface area contributed by atoms with E-state index in [-0.39, 0.29) is 81.9 Å². The molecule has 1 atom stereocenters. The van der Waals surface area contributed by atoms with Gasteiger partial charge in [-0.3, -0.25) is 4.79 Å². The molecule has 0 aliphatic rings. The molecule has 1 unspecified atom stereocenters. The van der Waals surface area contributed by atoms with Crippen molar-refractivity contribution in [2.45, 2.75) is 43.3 Å². The molecule has 0 bridgehead atoms. The van der Waals surface area contributed by atoms with Crippen LogP contribution in [0.2, 0.25) is 0 Å². The van der Waals surface area contributed by atoms with Gasteiger partial charge in [-0.2, -0.15) is 13.2 Å². The molecule has 0 aromatic heterocycles. The van der Waals surface area contributed by atoms with Crippen LogP contribution in [0.1, 0.15) is 44.4 Å². The SMILES string of the molecule is C=C(CC(=O)OCC(Cl)(Cl)Cl)C(=O)OC(C)c1ccc(C(F)(F)F)cc1.CC.[CH3-].[Cs+]. The standard InChI is InChI=1S/C16H14Cl3F3O4.C2H6.CH3.Cs/c1-9(7-13(23)25-8-15(17,18)19)14(24)26-10(2)11-3-5-12(6-4-11)16(20,21)22;1-2;;/h3-6,10H,1,7-8H2,2H3;1-2H3;1H3;/q;;-1;+1. The number of alkyl halides is 6. The summed E-state index contributed by atoms with van der Waals surface area (Å²) < 4.78 is 45.5. The Morgan fingerprint density at radius 2 is 1.57 bits per heavy atom. The molecule has 166 valence electrons. The topological polar surface area (TPSA) is 52.6 Å². The van der Waals surface area contributed by atoms with Gasteiger partial charge >= 0.3 is 87.0 Å². The molecule has 0 fully saturated rings. The van der Waals surface area contributed by atoms with Gasteiger partial charge < -0.3 is 16.9 Å². The van der Waals surface area contributed by atoms with Gasteiger partial charge in [0.15, 0.2) is 0 Å². The minimum Gasteiger partial charge on any atom is -0.461 e. The van der Waals surface area contributed by atoms with E-state index in [9.17, 15) is 22.8 Å². The van der Waals surface area contributed by atoms with Crippen molar-refractivity contribution in [2.75, 3.05) is 6.61 Å². The summed E-state index contributed by atoms with van der Waals surface area (Å²) in [6, 6.07) is 4.14. The van der Waals surface area contributed by atoms with Crippen LogP contribution in [-0.4, -0.2) is 22.3 Å². The molecule has 0 radical (unpaired) electrons. The fourth-order valence-corrected chi connectivity index (χ4v) is 1.88. The predicted molar refractivity (Wildman–Crippen MR) is 109 cm³/mol. The Labute approximate surface area is 249 Å². The van der Waals surface area contributed by atoms with E-state index in [1.807, 2.05) is 13.8 Å². The molecule has 4 nitrogen and oxygen atoms in total. The maximum absolute atomic E-state index is 12.5. The third-order valence-electron chi connectivity index (χ3n) is 3.03. The molecule has 0 amide bonds. The van der Waals surface area contributed by atoms with Crippen LogP contribution in [0.15, 0.2) is 36.4 Å². The Kier molecular flexibility index (Phi) is 19.1. The summed E-state index contributed by atoms with van der Waals surface area (Å²) in [5, 5.41) is 0. The van der Waals surface area contributed by atoms with Crippen LogP contribution < -0.4 is 68.9 Å². The maximum atomic E-state index is 12.5. The van der Waals surface area contributed by atoms with E-state index in [4.69, 9.17) is 39.5 Å². The van der Waals surface area contributed by atoms with Crippen molar-refractivity contribution in [2.24, 2.45) is 0 Å². The number of esters is 2. The van der Waals surface area contributed by atoms with Crippen LogP contribution in [0.5, 0.6) is 0 Å². The zero-order chi connectivity index (χ0) is 22.1. The summed E-state index contributed by atoms with van der Waals surface area (Å²) in [7, 11) is 0. The van der Waals surface area contributed by atoms with Crippen molar-refractivity contribution < 1.29 is 101 Å². The molecule has 0 saturated carbocycles. The van der Waals surface area contributed by atoms with Crippen LogP contribution in [-0.2, 0) is 25.2 Å². The Balaban J connectivity index is -0.00000176. The molecular formula is C19H23Cl3CsF3O4. The molecule has 1 rings (SSSR count). The van der Waals surface area contributed by atoms with Crippen molar-refractivity contribution in [1.29, 1.82) is 0 Å². The first kappa shape index (κ1) is 35.2. The second-order valence-corrected chi connectivity index (χ2v) is 7.74. The van der Waals surface area contributed by atoms with E-state index >= 15 is 0 Å². The van der Waals surface area contributed by atoms with Gasteiger partial charge in [0, 0.05) is 5.57 Å². The van der Waals surface area contributed by atoms with Crippen LogP contribution >= 0.6 is 34.8 Å². The minimum atomic E-state index is -4.46. The van der Waals surface area contributed by atoms with Crippen LogP contribution in [0.25, 0.3) is 0 Å². The second kappa shape index (κ2) is 16.3. The minimum absolute atomic E-state index is 0. The molecule has 0 heterocycles. The van der Waals surface area contributed by atoms with E-state index in [1.54, 1.807) is 0 Å². The quantitative estimate of drug-likeness (QED) is 0.214. The number of rotatable bonds is 6. The molecule has 0 N–H and O–H groups in total. The summed E-state index contributed by atoms with van der Waals surface area (Å²) in [6.45, 7) is 8.38.